The minimum Gasteiger partial charge on any atom is -0.495 e. The highest BCUT2D eigenvalue weighted by Crippen LogP contribution is 2.31. The van der Waals surface area contributed by atoms with Crippen LogP contribution in [-0.4, -0.2) is 32.9 Å². The zero-order valence-electron chi connectivity index (χ0n) is 10.8. The van der Waals surface area contributed by atoms with Gasteiger partial charge in [0.25, 0.3) is 0 Å². The molecule has 1 unspecified atom stereocenters. The molecular weight excluding hydrogens is 270 g/mol. The van der Waals surface area contributed by atoms with E-state index in [4.69, 9.17) is 15.6 Å². The smallest absolute Gasteiger partial charge is 0.303 e. The monoisotopic (exact) mass is 287 g/mol. The van der Waals surface area contributed by atoms with E-state index in [1.165, 1.54) is 13.2 Å². The van der Waals surface area contributed by atoms with E-state index in [1.54, 1.807) is 12.1 Å². The van der Waals surface area contributed by atoms with Gasteiger partial charge in [0.1, 0.15) is 10.6 Å². The summed E-state index contributed by atoms with van der Waals surface area (Å²) in [5.74, 6) is -0.759. The van der Waals surface area contributed by atoms with Crippen LogP contribution in [0.15, 0.2) is 23.1 Å². The van der Waals surface area contributed by atoms with Gasteiger partial charge >= 0.3 is 5.97 Å². The Kier molecular flexibility index (Phi) is 4.90. The summed E-state index contributed by atoms with van der Waals surface area (Å²) in [4.78, 5) is 10.6. The van der Waals surface area contributed by atoms with Crippen LogP contribution in [0.1, 0.15) is 24.4 Å². The van der Waals surface area contributed by atoms with E-state index in [9.17, 15) is 13.2 Å². The van der Waals surface area contributed by atoms with E-state index in [1.807, 2.05) is 0 Å². The van der Waals surface area contributed by atoms with Crippen LogP contribution in [0.25, 0.3) is 0 Å². The second kappa shape index (κ2) is 6.03. The van der Waals surface area contributed by atoms with Crippen molar-refractivity contribution in [1.82, 2.24) is 0 Å². The molecule has 6 nitrogen and oxygen atoms in total. The molecule has 0 aromatic heterocycles. The number of hydrogen-bond donors (Lipinski definition) is 2. The molecule has 1 aromatic carbocycles. The van der Waals surface area contributed by atoms with Crippen LogP contribution >= 0.6 is 0 Å². The van der Waals surface area contributed by atoms with Gasteiger partial charge in [-0.05, 0) is 18.1 Å². The number of aliphatic carboxylic acids is 1. The van der Waals surface area contributed by atoms with Crippen molar-refractivity contribution in [2.24, 2.45) is 5.73 Å². The highest BCUT2D eigenvalue weighted by Gasteiger charge is 2.23. The summed E-state index contributed by atoms with van der Waals surface area (Å²) in [6, 6.07) is 4.06. The maximum atomic E-state index is 11.8. The summed E-state index contributed by atoms with van der Waals surface area (Å²) >= 11 is 0. The van der Waals surface area contributed by atoms with Gasteiger partial charge in [-0.1, -0.05) is 12.1 Å². The van der Waals surface area contributed by atoms with E-state index >= 15 is 0 Å². The van der Waals surface area contributed by atoms with Crippen molar-refractivity contribution in [3.8, 4) is 5.75 Å². The normalized spacial score (nSPS) is 13.0. The van der Waals surface area contributed by atoms with Gasteiger partial charge < -0.3 is 15.6 Å². The minimum atomic E-state index is -3.51. The van der Waals surface area contributed by atoms with Gasteiger partial charge in [0.15, 0.2) is 9.84 Å². The Morgan fingerprint density at radius 1 is 1.47 bits per heavy atom. The molecule has 1 rings (SSSR count). The Morgan fingerprint density at radius 2 is 2.11 bits per heavy atom. The lowest BCUT2D eigenvalue weighted by atomic mass is 10.0. The predicted molar refractivity (Wildman–Crippen MR) is 69.9 cm³/mol. The third kappa shape index (κ3) is 3.93. The minimum absolute atomic E-state index is 0.0235. The number of rotatable bonds is 6. The van der Waals surface area contributed by atoms with Crippen LogP contribution in [-0.2, 0) is 14.6 Å². The van der Waals surface area contributed by atoms with Gasteiger partial charge in [-0.15, -0.1) is 0 Å². The zero-order valence-corrected chi connectivity index (χ0v) is 11.6. The fourth-order valence-corrected chi connectivity index (χ4v) is 2.98. The van der Waals surface area contributed by atoms with E-state index in [2.05, 4.69) is 0 Å². The summed E-state index contributed by atoms with van der Waals surface area (Å²) in [7, 11) is -2.14. The number of carboxylic acids is 1. The van der Waals surface area contributed by atoms with Crippen molar-refractivity contribution in [2.45, 2.75) is 23.8 Å². The molecule has 7 heteroatoms. The van der Waals surface area contributed by atoms with Crippen molar-refractivity contribution in [1.29, 1.82) is 0 Å². The molecular formula is C12H17NO5S. The molecule has 0 aliphatic heterocycles. The number of hydrogen-bond acceptors (Lipinski definition) is 5. The van der Waals surface area contributed by atoms with E-state index in [-0.39, 0.29) is 23.5 Å². The molecule has 1 atom stereocenters. The molecule has 0 saturated carbocycles. The topological polar surface area (TPSA) is 107 Å². The first kappa shape index (κ1) is 15.5. The standard InChI is InChI=1S/C12H17NO5S/c1-18-10-5-3-4-8(12(10)19(2,16)17)9(13)6-7-11(14)15/h3-5,9H,6-7,13H2,1-2H3,(H,14,15). The average Bonchev–Trinajstić information content (AvgIpc) is 2.33. The van der Waals surface area contributed by atoms with Gasteiger partial charge in [0.2, 0.25) is 0 Å². The van der Waals surface area contributed by atoms with Crippen LogP contribution in [0.4, 0.5) is 0 Å². The summed E-state index contributed by atoms with van der Waals surface area (Å²) in [5.41, 5.74) is 6.26. The third-order valence-corrected chi connectivity index (χ3v) is 3.85. The molecule has 0 spiro atoms. The molecule has 0 bridgehead atoms. The van der Waals surface area contributed by atoms with Crippen LogP contribution in [0, 0.1) is 0 Å². The number of sulfone groups is 1. The zero-order chi connectivity index (χ0) is 14.6. The van der Waals surface area contributed by atoms with Gasteiger partial charge in [-0.25, -0.2) is 8.42 Å². The van der Waals surface area contributed by atoms with Crippen LogP contribution in [0.2, 0.25) is 0 Å². The molecule has 0 heterocycles. The molecule has 1 aromatic rings. The van der Waals surface area contributed by atoms with Crippen molar-refractivity contribution >= 4 is 15.8 Å². The lowest BCUT2D eigenvalue weighted by molar-refractivity contribution is -0.137. The van der Waals surface area contributed by atoms with Crippen molar-refractivity contribution in [3.05, 3.63) is 23.8 Å². The first-order valence-corrected chi connectivity index (χ1v) is 7.51. The molecule has 0 fully saturated rings. The van der Waals surface area contributed by atoms with E-state index < -0.39 is 21.8 Å². The average molecular weight is 287 g/mol. The highest BCUT2D eigenvalue weighted by atomic mass is 32.2. The summed E-state index contributed by atoms with van der Waals surface area (Å²) in [6.45, 7) is 0. The summed E-state index contributed by atoms with van der Waals surface area (Å²) < 4.78 is 28.7. The van der Waals surface area contributed by atoms with Crippen LogP contribution in [0.5, 0.6) is 5.75 Å². The first-order chi connectivity index (χ1) is 8.77. The molecule has 0 amide bonds. The SMILES string of the molecule is COc1cccc(C(N)CCC(=O)O)c1S(C)(=O)=O. The number of carbonyl (C=O) groups is 1. The lowest BCUT2D eigenvalue weighted by Gasteiger charge is -2.17. The van der Waals surface area contributed by atoms with Gasteiger partial charge in [0.05, 0.1) is 7.11 Å². The van der Waals surface area contributed by atoms with Crippen molar-refractivity contribution in [2.75, 3.05) is 13.4 Å². The van der Waals surface area contributed by atoms with Gasteiger partial charge in [0, 0.05) is 18.7 Å². The van der Waals surface area contributed by atoms with E-state index in [0.29, 0.717) is 5.56 Å². The Morgan fingerprint density at radius 3 is 2.58 bits per heavy atom. The largest absolute Gasteiger partial charge is 0.495 e. The van der Waals surface area contributed by atoms with Crippen LogP contribution < -0.4 is 10.5 Å². The number of benzene rings is 1. The fraction of sp³-hybridized carbons (Fsp3) is 0.417. The molecule has 19 heavy (non-hydrogen) atoms. The van der Waals surface area contributed by atoms with Crippen LogP contribution in [0.3, 0.4) is 0 Å². The molecule has 0 radical (unpaired) electrons. The molecule has 0 aliphatic carbocycles. The third-order valence-electron chi connectivity index (χ3n) is 2.67. The number of carboxylic acid groups (broad SMARTS) is 1. The van der Waals surface area contributed by atoms with Crippen molar-refractivity contribution in [3.63, 3.8) is 0 Å². The molecule has 106 valence electrons. The second-order valence-electron chi connectivity index (χ2n) is 4.19. The fourth-order valence-electron chi connectivity index (χ4n) is 1.82. The maximum Gasteiger partial charge on any atom is 0.303 e. The molecule has 0 aliphatic rings. The Balaban J connectivity index is 3.24. The highest BCUT2D eigenvalue weighted by molar-refractivity contribution is 7.90. The lowest BCUT2D eigenvalue weighted by Crippen LogP contribution is -2.16. The van der Waals surface area contributed by atoms with Gasteiger partial charge in [-0.3, -0.25) is 4.79 Å². The second-order valence-corrected chi connectivity index (χ2v) is 6.14. The Bertz CT molecular complexity index is 567. The number of methoxy groups -OCH3 is 1. The first-order valence-electron chi connectivity index (χ1n) is 5.61. The van der Waals surface area contributed by atoms with E-state index in [0.717, 1.165) is 6.26 Å². The Labute approximate surface area is 112 Å². The number of ether oxygens (including phenoxy) is 1. The molecule has 3 N–H and O–H groups in total. The Hall–Kier alpha value is -1.60. The maximum absolute atomic E-state index is 11.8. The number of nitrogens with two attached hydrogens (primary N) is 1. The molecule has 0 saturated heterocycles. The van der Waals surface area contributed by atoms with Gasteiger partial charge in [-0.2, -0.15) is 0 Å². The van der Waals surface area contributed by atoms with Crippen molar-refractivity contribution < 1.29 is 23.1 Å². The summed E-state index contributed by atoms with van der Waals surface area (Å²) in [6.07, 6.45) is 1.10. The predicted octanol–water partition coefficient (Wildman–Crippen LogP) is 0.963. The quantitative estimate of drug-likeness (QED) is 0.807. The summed E-state index contributed by atoms with van der Waals surface area (Å²) in [5, 5.41) is 8.64.